The van der Waals surface area contributed by atoms with Gasteiger partial charge >= 0.3 is 6.03 Å². The van der Waals surface area contributed by atoms with Crippen molar-refractivity contribution in [3.8, 4) is 0 Å². The van der Waals surface area contributed by atoms with Crippen LogP contribution in [0.2, 0.25) is 0 Å². The van der Waals surface area contributed by atoms with Gasteiger partial charge in [-0.05, 0) is 37.1 Å². The molecule has 0 atom stereocenters. The van der Waals surface area contributed by atoms with Crippen molar-refractivity contribution in [1.29, 1.82) is 0 Å². The second kappa shape index (κ2) is 13.8. The predicted octanol–water partition coefficient (Wildman–Crippen LogP) is 4.92. The van der Waals surface area contributed by atoms with E-state index in [0.717, 1.165) is 0 Å². The molecular weight excluding hydrogens is 608 g/mol. The van der Waals surface area contributed by atoms with E-state index >= 15 is 0 Å². The van der Waals surface area contributed by atoms with Crippen molar-refractivity contribution in [1.82, 2.24) is 10.6 Å². The quantitative estimate of drug-likeness (QED) is 0.102. The van der Waals surface area contributed by atoms with E-state index in [2.05, 4.69) is 31.9 Å². The number of ketones is 4. The van der Waals surface area contributed by atoms with Crippen molar-refractivity contribution in [2.75, 3.05) is 61.5 Å². The van der Waals surface area contributed by atoms with Gasteiger partial charge in [0.15, 0.2) is 23.1 Å². The molecule has 0 spiro atoms. The molecule has 0 fully saturated rings. The molecule has 48 heavy (non-hydrogen) atoms. The van der Waals surface area contributed by atoms with E-state index < -0.39 is 0 Å². The summed E-state index contributed by atoms with van der Waals surface area (Å²) in [5, 5.41) is 18.2. The van der Waals surface area contributed by atoms with Crippen LogP contribution in [0, 0.1) is 0 Å². The maximum absolute atomic E-state index is 13.4. The second-order valence-electron chi connectivity index (χ2n) is 11.5. The van der Waals surface area contributed by atoms with Gasteiger partial charge in [0.05, 0.1) is 22.3 Å². The van der Waals surface area contributed by atoms with Crippen molar-refractivity contribution < 1.29 is 24.0 Å². The van der Waals surface area contributed by atoms with Crippen molar-refractivity contribution in [2.24, 2.45) is 0 Å². The molecule has 0 saturated heterocycles. The zero-order chi connectivity index (χ0) is 33.8. The molecule has 0 heterocycles. The minimum Gasteiger partial charge on any atom is -0.388 e. The van der Waals surface area contributed by atoms with Crippen molar-refractivity contribution in [3.05, 3.63) is 117 Å². The zero-order valence-corrected chi connectivity index (χ0v) is 26.7. The van der Waals surface area contributed by atoms with Gasteiger partial charge in [0, 0.05) is 85.3 Å². The minimum atomic E-state index is -0.309. The Morgan fingerprint density at radius 3 is 1.10 bits per heavy atom. The first-order valence-corrected chi connectivity index (χ1v) is 15.9. The normalized spacial score (nSPS) is 12.7. The van der Waals surface area contributed by atoms with Crippen LogP contribution < -0.4 is 31.9 Å². The predicted molar refractivity (Wildman–Crippen MR) is 186 cm³/mol. The van der Waals surface area contributed by atoms with E-state index in [9.17, 15) is 24.0 Å². The number of nitrogens with one attached hydrogen (secondary N) is 6. The number of carbonyl (C=O) groups is 5. The molecule has 11 heteroatoms. The number of carbonyl (C=O) groups excluding carboxylic acids is 5. The third-order valence-corrected chi connectivity index (χ3v) is 8.60. The Labute approximate surface area is 277 Å². The lowest BCUT2D eigenvalue weighted by atomic mass is 9.82. The highest BCUT2D eigenvalue weighted by molar-refractivity contribution is 6.33. The molecule has 2 aliphatic rings. The van der Waals surface area contributed by atoms with Crippen LogP contribution in [0.1, 0.15) is 76.5 Å². The summed E-state index contributed by atoms with van der Waals surface area (Å²) < 4.78 is 0. The summed E-state index contributed by atoms with van der Waals surface area (Å²) >= 11 is 0. The standard InChI is InChI=1S/C37H36N6O5/c1-38-25-13-15-27(31-29(25)33(44)21-9-3-5-11-23(21)35(31)46)40-17-7-19-42-37(48)43-20-8-18-41-28-16-14-26(39-2)30-32(28)36(47)24-12-6-4-10-22(24)34(30)45/h3-6,9-16,38-41H,7-8,17-20H2,1-2H3,(H2,42,43,48). The van der Waals surface area contributed by atoms with Crippen LogP contribution in [0.15, 0.2) is 72.8 Å². The molecule has 0 saturated carbocycles. The number of amides is 2. The first-order chi connectivity index (χ1) is 23.3. The van der Waals surface area contributed by atoms with Crippen molar-refractivity contribution in [2.45, 2.75) is 12.8 Å². The molecule has 6 rings (SSSR count). The Hall–Kier alpha value is -5.97. The lowest BCUT2D eigenvalue weighted by Gasteiger charge is -2.23. The minimum absolute atomic E-state index is 0.192. The number of fused-ring (bicyclic) bond motifs is 4. The molecule has 0 radical (unpaired) electrons. The third-order valence-electron chi connectivity index (χ3n) is 8.60. The van der Waals surface area contributed by atoms with E-state index in [4.69, 9.17) is 0 Å². The number of urea groups is 1. The molecule has 11 nitrogen and oxygen atoms in total. The van der Waals surface area contributed by atoms with Gasteiger partial charge in [0.2, 0.25) is 0 Å². The fraction of sp³-hybridized carbons (Fsp3) is 0.216. The molecule has 0 unspecified atom stereocenters. The van der Waals surface area contributed by atoms with Crippen LogP contribution in [-0.4, -0.2) is 69.4 Å². The number of hydrogen-bond acceptors (Lipinski definition) is 9. The summed E-state index contributed by atoms with van der Waals surface area (Å²) in [5.41, 5.74) is 5.33. The first kappa shape index (κ1) is 32.0. The van der Waals surface area contributed by atoms with E-state index in [0.29, 0.717) is 106 Å². The summed E-state index contributed by atoms with van der Waals surface area (Å²) in [6.07, 6.45) is 1.17. The summed E-state index contributed by atoms with van der Waals surface area (Å²) in [6.45, 7) is 1.73. The number of hydrogen-bond donors (Lipinski definition) is 6. The van der Waals surface area contributed by atoms with E-state index in [1.807, 2.05) is 0 Å². The topological polar surface area (TPSA) is 158 Å². The summed E-state index contributed by atoms with van der Waals surface area (Å²) in [5.74, 6) is -0.788. The van der Waals surface area contributed by atoms with Gasteiger partial charge in [-0.15, -0.1) is 0 Å². The highest BCUT2D eigenvalue weighted by Gasteiger charge is 2.35. The molecular formula is C37H36N6O5. The lowest BCUT2D eigenvalue weighted by molar-refractivity contribution is 0.0980. The first-order valence-electron chi connectivity index (χ1n) is 15.9. The number of rotatable bonds is 12. The smallest absolute Gasteiger partial charge is 0.314 e. The maximum atomic E-state index is 13.4. The molecule has 0 aliphatic heterocycles. The van der Waals surface area contributed by atoms with Crippen LogP contribution in [0.4, 0.5) is 27.5 Å². The van der Waals surface area contributed by atoms with Crippen molar-refractivity contribution in [3.63, 3.8) is 0 Å². The molecule has 4 aromatic carbocycles. The van der Waals surface area contributed by atoms with Crippen LogP contribution in [-0.2, 0) is 0 Å². The Kier molecular flexibility index (Phi) is 9.20. The van der Waals surface area contributed by atoms with Gasteiger partial charge < -0.3 is 31.9 Å². The lowest BCUT2D eigenvalue weighted by Crippen LogP contribution is -2.37. The highest BCUT2D eigenvalue weighted by Crippen LogP contribution is 2.37. The largest absolute Gasteiger partial charge is 0.388 e. The fourth-order valence-corrected chi connectivity index (χ4v) is 6.25. The van der Waals surface area contributed by atoms with Crippen LogP contribution in [0.3, 0.4) is 0 Å². The molecule has 4 aromatic rings. The van der Waals surface area contributed by atoms with Crippen molar-refractivity contribution >= 4 is 51.9 Å². The highest BCUT2D eigenvalue weighted by atomic mass is 16.2. The Morgan fingerprint density at radius 1 is 0.458 bits per heavy atom. The van der Waals surface area contributed by atoms with E-state index in [1.54, 1.807) is 86.9 Å². The molecule has 6 N–H and O–H groups in total. The molecule has 0 aromatic heterocycles. The Bertz CT molecular complexity index is 1830. The molecule has 244 valence electrons. The van der Waals surface area contributed by atoms with E-state index in [1.165, 1.54) is 0 Å². The van der Waals surface area contributed by atoms with Gasteiger partial charge in [-0.1, -0.05) is 48.5 Å². The Balaban J connectivity index is 0.967. The fourth-order valence-electron chi connectivity index (χ4n) is 6.25. The number of anilines is 4. The van der Waals surface area contributed by atoms with Crippen LogP contribution in [0.25, 0.3) is 0 Å². The third kappa shape index (κ3) is 5.86. The van der Waals surface area contributed by atoms with Gasteiger partial charge in [-0.2, -0.15) is 0 Å². The van der Waals surface area contributed by atoms with Gasteiger partial charge in [0.25, 0.3) is 0 Å². The Morgan fingerprint density at radius 2 is 0.771 bits per heavy atom. The average molecular weight is 645 g/mol. The van der Waals surface area contributed by atoms with E-state index in [-0.39, 0.29) is 29.2 Å². The van der Waals surface area contributed by atoms with Gasteiger partial charge in [0.1, 0.15) is 0 Å². The summed E-state index contributed by atoms with van der Waals surface area (Å²) in [4.78, 5) is 65.7. The SMILES string of the molecule is CNc1ccc(NCCCNC(=O)NCCCNc2ccc(NC)c3c2C(=O)c2ccccc2C3=O)c2c1C(=O)c1ccccc1C2=O. The summed E-state index contributed by atoms with van der Waals surface area (Å²) in [6, 6.07) is 20.5. The van der Waals surface area contributed by atoms with Gasteiger partial charge in [-0.3, -0.25) is 19.2 Å². The van der Waals surface area contributed by atoms with Crippen LogP contribution >= 0.6 is 0 Å². The molecule has 2 amide bonds. The van der Waals surface area contributed by atoms with Gasteiger partial charge in [-0.25, -0.2) is 4.79 Å². The second-order valence-corrected chi connectivity index (χ2v) is 11.5. The maximum Gasteiger partial charge on any atom is 0.314 e. The molecule has 2 aliphatic carbocycles. The average Bonchev–Trinajstić information content (AvgIpc) is 3.12. The number of benzene rings is 4. The monoisotopic (exact) mass is 644 g/mol. The summed E-state index contributed by atoms with van der Waals surface area (Å²) in [7, 11) is 3.43. The molecule has 0 bridgehead atoms. The van der Waals surface area contributed by atoms with Crippen LogP contribution in [0.5, 0.6) is 0 Å². The zero-order valence-electron chi connectivity index (χ0n) is 26.7.